The number of hydrogen-bond acceptors (Lipinski definition) is 5. The molecular formula is C23H24ClN5O3S. The van der Waals surface area contributed by atoms with Gasteiger partial charge in [0, 0.05) is 38.7 Å². The molecule has 0 fully saturated rings. The highest BCUT2D eigenvalue weighted by atomic mass is 35.5. The van der Waals surface area contributed by atoms with E-state index in [-0.39, 0.29) is 29.4 Å². The Balaban J connectivity index is 1.87. The van der Waals surface area contributed by atoms with E-state index in [1.54, 1.807) is 67.5 Å². The van der Waals surface area contributed by atoms with E-state index >= 15 is 0 Å². The van der Waals surface area contributed by atoms with Gasteiger partial charge in [0.25, 0.3) is 0 Å². The van der Waals surface area contributed by atoms with E-state index in [0.29, 0.717) is 11.3 Å². The molecule has 3 rings (SSSR count). The number of amides is 1. The average Bonchev–Trinajstić information content (AvgIpc) is 3.24. The number of halogens is 1. The Morgan fingerprint density at radius 1 is 1.27 bits per heavy atom. The van der Waals surface area contributed by atoms with Crippen LogP contribution in [0.15, 0.2) is 66.0 Å². The van der Waals surface area contributed by atoms with Crippen molar-refractivity contribution < 1.29 is 13.2 Å². The third-order valence-corrected chi connectivity index (χ3v) is 7.25. The standard InChI is InChI=1S/C23H24ClN5O3S/c1-17-6-3-9-20(24)22(17)33(31,32)27-21(10-13-29-12-5-8-19(29)14-25)23(30)28(2)16-18-7-4-11-26-15-18/h3-9,11-12,15,21,27H,10,13,16H2,1-2H3. The van der Waals surface area contributed by atoms with Crippen LogP contribution in [0.3, 0.4) is 0 Å². The van der Waals surface area contributed by atoms with Crippen LogP contribution in [-0.4, -0.2) is 41.9 Å². The zero-order chi connectivity index (χ0) is 24.0. The van der Waals surface area contributed by atoms with Gasteiger partial charge in [0.15, 0.2) is 0 Å². The van der Waals surface area contributed by atoms with Crippen LogP contribution < -0.4 is 4.72 Å². The molecule has 0 aliphatic carbocycles. The number of likely N-dealkylation sites (N-methyl/N-ethyl adjacent to an activating group) is 1. The summed E-state index contributed by atoms with van der Waals surface area (Å²) in [6, 6.07) is 12.8. The van der Waals surface area contributed by atoms with Gasteiger partial charge >= 0.3 is 0 Å². The van der Waals surface area contributed by atoms with E-state index < -0.39 is 22.0 Å². The summed E-state index contributed by atoms with van der Waals surface area (Å²) in [5.74, 6) is -0.405. The zero-order valence-corrected chi connectivity index (χ0v) is 19.8. The molecular weight excluding hydrogens is 462 g/mol. The van der Waals surface area contributed by atoms with Gasteiger partial charge in [-0.15, -0.1) is 0 Å². The van der Waals surface area contributed by atoms with Gasteiger partial charge in [-0.2, -0.15) is 9.98 Å². The van der Waals surface area contributed by atoms with Crippen molar-refractivity contribution in [1.29, 1.82) is 5.26 Å². The van der Waals surface area contributed by atoms with Crippen molar-refractivity contribution in [2.24, 2.45) is 0 Å². The smallest absolute Gasteiger partial charge is 0.243 e. The first-order valence-electron chi connectivity index (χ1n) is 10.2. The fourth-order valence-corrected chi connectivity index (χ4v) is 5.58. The highest BCUT2D eigenvalue weighted by Gasteiger charge is 2.30. The monoisotopic (exact) mass is 485 g/mol. The highest BCUT2D eigenvalue weighted by molar-refractivity contribution is 7.89. The number of aryl methyl sites for hydroxylation is 2. The lowest BCUT2D eigenvalue weighted by Crippen LogP contribution is -2.47. The first-order valence-corrected chi connectivity index (χ1v) is 12.1. The molecule has 2 aromatic heterocycles. The number of nitriles is 1. The predicted molar refractivity (Wildman–Crippen MR) is 125 cm³/mol. The van der Waals surface area contributed by atoms with Crippen molar-refractivity contribution in [3.05, 3.63) is 82.9 Å². The second-order valence-corrected chi connectivity index (χ2v) is 9.66. The summed E-state index contributed by atoms with van der Waals surface area (Å²) >= 11 is 6.18. The lowest BCUT2D eigenvalue weighted by Gasteiger charge is -2.25. The van der Waals surface area contributed by atoms with Crippen LogP contribution in [0.1, 0.15) is 23.2 Å². The Kier molecular flexibility index (Phi) is 7.87. The molecule has 1 amide bonds. The van der Waals surface area contributed by atoms with Gasteiger partial charge in [-0.3, -0.25) is 9.78 Å². The van der Waals surface area contributed by atoms with E-state index in [4.69, 9.17) is 11.6 Å². The Morgan fingerprint density at radius 2 is 2.06 bits per heavy atom. The van der Waals surface area contributed by atoms with E-state index in [2.05, 4.69) is 15.8 Å². The minimum atomic E-state index is -4.09. The van der Waals surface area contributed by atoms with Gasteiger partial charge in [-0.25, -0.2) is 8.42 Å². The molecule has 172 valence electrons. The molecule has 0 spiro atoms. The molecule has 2 heterocycles. The summed E-state index contributed by atoms with van der Waals surface area (Å²) in [5, 5.41) is 9.33. The summed E-state index contributed by atoms with van der Waals surface area (Å²) in [5.41, 5.74) is 1.71. The summed E-state index contributed by atoms with van der Waals surface area (Å²) < 4.78 is 30.7. The largest absolute Gasteiger partial charge is 0.340 e. The Bertz CT molecular complexity index is 1250. The maximum absolute atomic E-state index is 13.3. The molecule has 10 heteroatoms. The van der Waals surface area contributed by atoms with Crippen LogP contribution in [0.4, 0.5) is 0 Å². The van der Waals surface area contributed by atoms with Crippen molar-refractivity contribution in [2.75, 3.05) is 7.05 Å². The molecule has 0 radical (unpaired) electrons. The molecule has 1 unspecified atom stereocenters. The van der Waals surface area contributed by atoms with Crippen LogP contribution >= 0.6 is 11.6 Å². The van der Waals surface area contributed by atoms with E-state index in [9.17, 15) is 18.5 Å². The van der Waals surface area contributed by atoms with Gasteiger partial charge in [-0.05, 0) is 48.7 Å². The summed E-state index contributed by atoms with van der Waals surface area (Å²) in [6.07, 6.45) is 5.14. The average molecular weight is 486 g/mol. The molecule has 1 atom stereocenters. The van der Waals surface area contributed by atoms with Gasteiger partial charge in [0.1, 0.15) is 22.7 Å². The number of benzene rings is 1. The first-order chi connectivity index (χ1) is 15.7. The third-order valence-electron chi connectivity index (χ3n) is 5.15. The zero-order valence-electron chi connectivity index (χ0n) is 18.3. The second kappa shape index (κ2) is 10.6. The topological polar surface area (TPSA) is 108 Å². The normalized spacial score (nSPS) is 12.2. The summed E-state index contributed by atoms with van der Waals surface area (Å²) in [6.45, 7) is 2.19. The number of carbonyl (C=O) groups is 1. The lowest BCUT2D eigenvalue weighted by molar-refractivity contribution is -0.132. The maximum Gasteiger partial charge on any atom is 0.243 e. The van der Waals surface area contributed by atoms with E-state index in [1.807, 2.05) is 6.07 Å². The van der Waals surface area contributed by atoms with Crippen molar-refractivity contribution in [3.8, 4) is 6.07 Å². The molecule has 0 saturated carbocycles. The highest BCUT2D eigenvalue weighted by Crippen LogP contribution is 2.25. The number of carbonyl (C=O) groups excluding carboxylic acids is 1. The Labute approximate surface area is 198 Å². The van der Waals surface area contributed by atoms with Gasteiger partial charge in [0.05, 0.1) is 5.02 Å². The molecule has 1 N–H and O–H groups in total. The van der Waals surface area contributed by atoms with Gasteiger partial charge in [0.2, 0.25) is 15.9 Å². The van der Waals surface area contributed by atoms with Crippen molar-refractivity contribution >= 4 is 27.5 Å². The summed E-state index contributed by atoms with van der Waals surface area (Å²) in [4.78, 5) is 18.8. The molecule has 0 aliphatic heterocycles. The minimum Gasteiger partial charge on any atom is -0.340 e. The molecule has 0 aliphatic rings. The quantitative estimate of drug-likeness (QED) is 0.501. The predicted octanol–water partition coefficient (Wildman–Crippen LogP) is 3.11. The number of nitrogens with zero attached hydrogens (tertiary/aromatic N) is 4. The van der Waals surface area contributed by atoms with Gasteiger partial charge < -0.3 is 9.47 Å². The molecule has 3 aromatic rings. The van der Waals surface area contributed by atoms with Crippen LogP contribution in [0.5, 0.6) is 0 Å². The van der Waals surface area contributed by atoms with Crippen molar-refractivity contribution in [2.45, 2.75) is 37.4 Å². The fraction of sp³-hybridized carbons (Fsp3) is 0.261. The molecule has 0 saturated heterocycles. The van der Waals surface area contributed by atoms with Gasteiger partial charge in [-0.1, -0.05) is 29.8 Å². The minimum absolute atomic E-state index is 0.0574. The fourth-order valence-electron chi connectivity index (χ4n) is 3.52. The van der Waals surface area contributed by atoms with Crippen LogP contribution in [-0.2, 0) is 27.9 Å². The Morgan fingerprint density at radius 3 is 2.73 bits per heavy atom. The molecule has 8 nitrogen and oxygen atoms in total. The van der Waals surface area contributed by atoms with Crippen LogP contribution in [0, 0.1) is 18.3 Å². The number of nitrogens with one attached hydrogen (secondary N) is 1. The number of aromatic nitrogens is 2. The third kappa shape index (κ3) is 5.99. The second-order valence-electron chi connectivity index (χ2n) is 7.60. The lowest BCUT2D eigenvalue weighted by atomic mass is 10.1. The SMILES string of the molecule is Cc1cccc(Cl)c1S(=O)(=O)NC(CCn1cccc1C#N)C(=O)N(C)Cc1cccnc1. The summed E-state index contributed by atoms with van der Waals surface area (Å²) in [7, 11) is -2.49. The first kappa shape index (κ1) is 24.5. The number of sulfonamides is 1. The number of rotatable bonds is 9. The molecule has 33 heavy (non-hydrogen) atoms. The van der Waals surface area contributed by atoms with E-state index in [1.165, 1.54) is 11.0 Å². The number of hydrogen-bond donors (Lipinski definition) is 1. The van der Waals surface area contributed by atoms with Crippen LogP contribution in [0.2, 0.25) is 5.02 Å². The number of pyridine rings is 1. The van der Waals surface area contributed by atoms with E-state index in [0.717, 1.165) is 5.56 Å². The molecule has 1 aromatic carbocycles. The van der Waals surface area contributed by atoms with Crippen molar-refractivity contribution in [3.63, 3.8) is 0 Å². The Hall–Kier alpha value is -3.19. The molecule has 0 bridgehead atoms. The maximum atomic E-state index is 13.3. The van der Waals surface area contributed by atoms with Crippen molar-refractivity contribution in [1.82, 2.24) is 19.2 Å². The van der Waals surface area contributed by atoms with Crippen LogP contribution in [0.25, 0.3) is 0 Å².